The zero-order chi connectivity index (χ0) is 13.0. The van der Waals surface area contributed by atoms with Crippen LogP contribution in [0.1, 0.15) is 42.1 Å². The molecule has 1 aliphatic carbocycles. The molecule has 1 fully saturated rings. The zero-order valence-corrected chi connectivity index (χ0v) is 10.8. The van der Waals surface area contributed by atoms with Gasteiger partial charge in [0, 0.05) is 11.1 Å². The minimum Gasteiger partial charge on any atom is -0.457 e. The van der Waals surface area contributed by atoms with Crippen molar-refractivity contribution in [3.05, 3.63) is 59.2 Å². The third kappa shape index (κ3) is 1.67. The van der Waals surface area contributed by atoms with Gasteiger partial charge in [-0.1, -0.05) is 31.2 Å². The monoisotopic (exact) mass is 252 g/mol. The van der Waals surface area contributed by atoms with E-state index < -0.39 is 6.10 Å². The van der Waals surface area contributed by atoms with Crippen LogP contribution in [0.3, 0.4) is 0 Å². The Bertz CT molecular complexity index is 647. The van der Waals surface area contributed by atoms with E-state index in [4.69, 9.17) is 4.74 Å². The van der Waals surface area contributed by atoms with E-state index in [0.717, 1.165) is 28.5 Å². The quantitative estimate of drug-likeness (QED) is 0.831. The molecular formula is C17H16O2. The van der Waals surface area contributed by atoms with Crippen LogP contribution in [0.4, 0.5) is 0 Å². The van der Waals surface area contributed by atoms with Crippen molar-refractivity contribution in [1.82, 2.24) is 0 Å². The summed E-state index contributed by atoms with van der Waals surface area (Å²) in [4.78, 5) is 0. The molecule has 96 valence electrons. The van der Waals surface area contributed by atoms with Crippen LogP contribution in [0.15, 0.2) is 42.5 Å². The maximum absolute atomic E-state index is 10.5. The smallest absolute Gasteiger partial charge is 0.133 e. The molecule has 0 spiro atoms. The molecule has 19 heavy (non-hydrogen) atoms. The van der Waals surface area contributed by atoms with Crippen molar-refractivity contribution in [3.63, 3.8) is 0 Å². The Balaban J connectivity index is 1.79. The van der Waals surface area contributed by atoms with E-state index in [1.807, 2.05) is 30.3 Å². The summed E-state index contributed by atoms with van der Waals surface area (Å²) in [7, 11) is 0. The number of fused-ring (bicyclic) bond motifs is 2. The first-order valence-corrected chi connectivity index (χ1v) is 6.83. The van der Waals surface area contributed by atoms with Crippen molar-refractivity contribution in [2.24, 2.45) is 5.92 Å². The number of benzene rings is 2. The Labute approximate surface area is 112 Å². The summed E-state index contributed by atoms with van der Waals surface area (Å²) in [6.45, 7) is 2.27. The Kier molecular flexibility index (Phi) is 2.24. The van der Waals surface area contributed by atoms with Gasteiger partial charge >= 0.3 is 0 Å². The summed E-state index contributed by atoms with van der Waals surface area (Å²) in [6.07, 6.45) is 0.681. The fourth-order valence-electron chi connectivity index (χ4n) is 2.98. The van der Waals surface area contributed by atoms with E-state index in [9.17, 15) is 5.11 Å². The summed E-state index contributed by atoms with van der Waals surface area (Å²) in [5.74, 6) is 2.97. The Morgan fingerprint density at radius 1 is 1.05 bits per heavy atom. The molecule has 2 aliphatic rings. The van der Waals surface area contributed by atoms with Gasteiger partial charge in [-0.25, -0.2) is 0 Å². The average molecular weight is 252 g/mol. The minimum atomic E-state index is -0.575. The Morgan fingerprint density at radius 2 is 1.79 bits per heavy atom. The van der Waals surface area contributed by atoms with Gasteiger partial charge in [0.1, 0.15) is 17.6 Å². The summed E-state index contributed by atoms with van der Waals surface area (Å²) < 4.78 is 5.87. The highest BCUT2D eigenvalue weighted by Gasteiger charge is 2.35. The van der Waals surface area contributed by atoms with Crippen LogP contribution in [0, 0.1) is 5.92 Å². The lowest BCUT2D eigenvalue weighted by Gasteiger charge is -2.25. The first kappa shape index (κ1) is 11.1. The lowest BCUT2D eigenvalue weighted by Crippen LogP contribution is -2.09. The SMILES string of the molecule is CC1C[C@@H]1c1ccc2c(c1)C(O)c1ccccc1O2. The number of para-hydroxylation sites is 1. The third-order valence-corrected chi connectivity index (χ3v) is 4.30. The fourth-order valence-corrected chi connectivity index (χ4v) is 2.98. The summed E-state index contributed by atoms with van der Waals surface area (Å²) in [5, 5.41) is 10.5. The maximum atomic E-state index is 10.5. The zero-order valence-electron chi connectivity index (χ0n) is 10.8. The summed E-state index contributed by atoms with van der Waals surface area (Å²) in [5.41, 5.74) is 3.08. The van der Waals surface area contributed by atoms with Gasteiger partial charge in [-0.3, -0.25) is 0 Å². The van der Waals surface area contributed by atoms with Crippen LogP contribution in [0.2, 0.25) is 0 Å². The van der Waals surface area contributed by atoms with Gasteiger partial charge in [0.05, 0.1) is 0 Å². The van der Waals surface area contributed by atoms with Crippen LogP contribution in [-0.4, -0.2) is 5.11 Å². The average Bonchev–Trinajstić information content (AvgIpc) is 3.16. The maximum Gasteiger partial charge on any atom is 0.133 e. The number of hydrogen-bond acceptors (Lipinski definition) is 2. The molecule has 1 aliphatic heterocycles. The highest BCUT2D eigenvalue weighted by molar-refractivity contribution is 5.53. The predicted octanol–water partition coefficient (Wildman–Crippen LogP) is 4.00. The molecule has 2 unspecified atom stereocenters. The fraction of sp³-hybridized carbons (Fsp3) is 0.294. The van der Waals surface area contributed by atoms with Crippen LogP contribution in [0.25, 0.3) is 0 Å². The van der Waals surface area contributed by atoms with E-state index in [1.54, 1.807) is 0 Å². The van der Waals surface area contributed by atoms with Gasteiger partial charge < -0.3 is 9.84 Å². The molecule has 2 nitrogen and oxygen atoms in total. The molecule has 0 radical (unpaired) electrons. The highest BCUT2D eigenvalue weighted by Crippen LogP contribution is 2.50. The van der Waals surface area contributed by atoms with Crippen LogP contribution in [0.5, 0.6) is 11.5 Å². The lowest BCUT2D eigenvalue weighted by atomic mass is 9.94. The topological polar surface area (TPSA) is 29.5 Å². The normalized spacial score (nSPS) is 27.2. The van der Waals surface area contributed by atoms with Gasteiger partial charge in [0.15, 0.2) is 0 Å². The molecule has 2 aromatic carbocycles. The van der Waals surface area contributed by atoms with Gasteiger partial charge in [-0.2, -0.15) is 0 Å². The molecule has 0 saturated heterocycles. The number of rotatable bonds is 1. The van der Waals surface area contributed by atoms with E-state index in [-0.39, 0.29) is 0 Å². The molecule has 3 atom stereocenters. The molecular weight excluding hydrogens is 236 g/mol. The van der Waals surface area contributed by atoms with Crippen molar-refractivity contribution < 1.29 is 9.84 Å². The number of ether oxygens (including phenoxy) is 1. The standard InChI is InChI=1S/C17H16O2/c1-10-8-13(10)11-6-7-16-14(9-11)17(18)12-4-2-3-5-15(12)19-16/h2-7,9-10,13,17-18H,8H2,1H3/t10?,13-,17?/m0/s1. The van der Waals surface area contributed by atoms with Crippen molar-refractivity contribution >= 4 is 0 Å². The largest absolute Gasteiger partial charge is 0.457 e. The van der Waals surface area contributed by atoms with Gasteiger partial charge in [0.25, 0.3) is 0 Å². The summed E-state index contributed by atoms with van der Waals surface area (Å²) >= 11 is 0. The lowest BCUT2D eigenvalue weighted by molar-refractivity contribution is 0.203. The van der Waals surface area contributed by atoms with Crippen molar-refractivity contribution in [2.75, 3.05) is 0 Å². The third-order valence-electron chi connectivity index (χ3n) is 4.30. The van der Waals surface area contributed by atoms with Crippen LogP contribution < -0.4 is 4.74 Å². The molecule has 1 N–H and O–H groups in total. The van der Waals surface area contributed by atoms with Gasteiger partial charge in [0.2, 0.25) is 0 Å². The molecule has 0 bridgehead atoms. The first-order chi connectivity index (χ1) is 9.24. The number of aliphatic hydroxyl groups excluding tert-OH is 1. The molecule has 2 heteroatoms. The molecule has 0 aromatic heterocycles. The molecule has 1 saturated carbocycles. The first-order valence-electron chi connectivity index (χ1n) is 6.83. The van der Waals surface area contributed by atoms with E-state index in [2.05, 4.69) is 19.1 Å². The highest BCUT2D eigenvalue weighted by atomic mass is 16.5. The van der Waals surface area contributed by atoms with Crippen molar-refractivity contribution in [2.45, 2.75) is 25.4 Å². The van der Waals surface area contributed by atoms with Crippen molar-refractivity contribution in [1.29, 1.82) is 0 Å². The minimum absolute atomic E-state index is 0.575. The second-order valence-corrected chi connectivity index (χ2v) is 5.66. The number of hydrogen-bond donors (Lipinski definition) is 1. The van der Waals surface area contributed by atoms with Gasteiger partial charge in [-0.05, 0) is 42.0 Å². The van der Waals surface area contributed by atoms with Crippen LogP contribution >= 0.6 is 0 Å². The predicted molar refractivity (Wildman–Crippen MR) is 73.5 cm³/mol. The van der Waals surface area contributed by atoms with E-state index >= 15 is 0 Å². The van der Waals surface area contributed by atoms with Gasteiger partial charge in [-0.15, -0.1) is 0 Å². The number of aliphatic hydroxyl groups is 1. The van der Waals surface area contributed by atoms with Crippen molar-refractivity contribution in [3.8, 4) is 11.5 Å². The molecule has 2 aromatic rings. The van der Waals surface area contributed by atoms with E-state index in [0.29, 0.717) is 5.92 Å². The van der Waals surface area contributed by atoms with E-state index in [1.165, 1.54) is 12.0 Å². The Hall–Kier alpha value is -1.80. The second kappa shape index (κ2) is 3.84. The summed E-state index contributed by atoms with van der Waals surface area (Å²) in [6, 6.07) is 13.9. The molecule has 0 amide bonds. The molecule has 4 rings (SSSR count). The second-order valence-electron chi connectivity index (χ2n) is 5.66. The van der Waals surface area contributed by atoms with Crippen LogP contribution in [-0.2, 0) is 0 Å². The molecule has 1 heterocycles. The Morgan fingerprint density at radius 3 is 2.58 bits per heavy atom.